The first-order valence-electron chi connectivity index (χ1n) is 18.4. The average molecular weight is 690 g/mol. The number of anilines is 3. The van der Waals surface area contributed by atoms with Gasteiger partial charge in [0.05, 0.1) is 0 Å². The smallest absolute Gasteiger partial charge is 0.205 e. The number of hydrogen-bond donors (Lipinski definition) is 0. The summed E-state index contributed by atoms with van der Waals surface area (Å²) >= 11 is 0. The monoisotopic (exact) mass is 689 g/mol. The minimum absolute atomic E-state index is 0.770. The third-order valence-electron chi connectivity index (χ3n) is 10.5. The van der Waals surface area contributed by atoms with Crippen LogP contribution in [0.2, 0.25) is 0 Å². The molecule has 0 saturated heterocycles. The normalized spacial score (nSPS) is 11.3. The van der Waals surface area contributed by atoms with Crippen molar-refractivity contribution in [2.75, 3.05) is 4.90 Å². The second-order valence-corrected chi connectivity index (χ2v) is 13.7. The molecule has 254 valence electrons. The van der Waals surface area contributed by atoms with Crippen LogP contribution >= 0.6 is 0 Å². The molecule has 0 N–H and O–H groups in total. The molecule has 1 aromatic heterocycles. The van der Waals surface area contributed by atoms with Crippen LogP contribution in [-0.4, -0.2) is 0 Å². The van der Waals surface area contributed by atoms with Gasteiger partial charge in [-0.1, -0.05) is 182 Å². The molecule has 0 saturated carbocycles. The van der Waals surface area contributed by atoms with Gasteiger partial charge in [0.1, 0.15) is 5.58 Å². The summed E-state index contributed by atoms with van der Waals surface area (Å²) in [4.78, 5) is 2.23. The van der Waals surface area contributed by atoms with Crippen LogP contribution in [-0.2, 0) is 0 Å². The lowest BCUT2D eigenvalue weighted by Crippen LogP contribution is -2.08. The lowest BCUT2D eigenvalue weighted by Gasteiger charge is -2.23. The number of rotatable bonds is 7. The molecular formula is C52H35NO. The van der Waals surface area contributed by atoms with Gasteiger partial charge < -0.3 is 4.42 Å². The van der Waals surface area contributed by atoms with E-state index in [0.717, 1.165) is 44.7 Å². The fourth-order valence-corrected chi connectivity index (χ4v) is 7.74. The van der Waals surface area contributed by atoms with Crippen molar-refractivity contribution >= 4 is 49.8 Å². The molecule has 10 aromatic rings. The van der Waals surface area contributed by atoms with Crippen LogP contribution < -0.4 is 4.90 Å². The Hall–Kier alpha value is -7.16. The molecule has 0 fully saturated rings. The molecule has 0 aliphatic rings. The van der Waals surface area contributed by atoms with E-state index in [0.29, 0.717) is 0 Å². The maximum atomic E-state index is 6.93. The lowest BCUT2D eigenvalue weighted by molar-refractivity contribution is 0.624. The topological polar surface area (TPSA) is 16.4 Å². The van der Waals surface area contributed by atoms with Crippen LogP contribution in [0.5, 0.6) is 0 Å². The predicted octanol–water partition coefficient (Wildman–Crippen LogP) is 14.9. The van der Waals surface area contributed by atoms with Crippen molar-refractivity contribution in [3.05, 3.63) is 212 Å². The van der Waals surface area contributed by atoms with Gasteiger partial charge in [0.2, 0.25) is 5.88 Å². The van der Waals surface area contributed by atoms with Gasteiger partial charge in [-0.05, 0) is 84.9 Å². The summed E-state index contributed by atoms with van der Waals surface area (Å²) in [5.41, 5.74) is 12.5. The summed E-state index contributed by atoms with van der Waals surface area (Å²) in [6, 6.07) is 75.6. The summed E-state index contributed by atoms with van der Waals surface area (Å²) in [7, 11) is 0. The third-order valence-corrected chi connectivity index (χ3v) is 10.5. The van der Waals surface area contributed by atoms with Crippen LogP contribution in [0.15, 0.2) is 217 Å². The molecule has 0 spiro atoms. The third kappa shape index (κ3) is 5.71. The molecule has 0 atom stereocenters. The van der Waals surface area contributed by atoms with Crippen molar-refractivity contribution in [2.24, 2.45) is 0 Å². The molecule has 0 aliphatic heterocycles. The van der Waals surface area contributed by atoms with E-state index >= 15 is 0 Å². The number of hydrogen-bond acceptors (Lipinski definition) is 2. The van der Waals surface area contributed by atoms with Crippen molar-refractivity contribution in [3.8, 4) is 44.5 Å². The zero-order valence-electron chi connectivity index (χ0n) is 29.6. The van der Waals surface area contributed by atoms with Crippen molar-refractivity contribution in [1.82, 2.24) is 0 Å². The van der Waals surface area contributed by atoms with E-state index < -0.39 is 0 Å². The van der Waals surface area contributed by atoms with Crippen LogP contribution in [0.25, 0.3) is 77.0 Å². The molecular weight excluding hydrogens is 655 g/mol. The lowest BCUT2D eigenvalue weighted by atomic mass is 9.98. The largest absolute Gasteiger partial charge is 0.439 e. The molecule has 0 radical (unpaired) electrons. The van der Waals surface area contributed by atoms with E-state index in [9.17, 15) is 0 Å². The zero-order valence-corrected chi connectivity index (χ0v) is 29.6. The second kappa shape index (κ2) is 13.4. The minimum atomic E-state index is 0.770. The van der Waals surface area contributed by atoms with Crippen molar-refractivity contribution in [2.45, 2.75) is 0 Å². The molecule has 54 heavy (non-hydrogen) atoms. The van der Waals surface area contributed by atoms with Crippen LogP contribution in [0.3, 0.4) is 0 Å². The maximum absolute atomic E-state index is 6.93. The van der Waals surface area contributed by atoms with E-state index in [1.54, 1.807) is 0 Å². The Labute approximate surface area is 314 Å². The molecule has 2 nitrogen and oxygen atoms in total. The molecule has 0 unspecified atom stereocenters. The van der Waals surface area contributed by atoms with Gasteiger partial charge in [-0.25, -0.2) is 0 Å². The Balaban J connectivity index is 1.05. The van der Waals surface area contributed by atoms with Crippen LogP contribution in [0.4, 0.5) is 17.3 Å². The summed E-state index contributed by atoms with van der Waals surface area (Å²) < 4.78 is 6.93. The quantitative estimate of drug-likeness (QED) is 0.155. The standard InChI is InChI=1S/C52H35NO/c1-3-11-36(12-4-1)38-19-23-40(24-20-38)42-27-31-44(32-28-42)53(45-33-29-43(30-34-45)41-25-21-39(22-26-41)37-13-5-2-6-14-37)51-35-50-48-17-8-7-15-46(48)47-16-9-10-18-49(47)52(50)54-51/h1-35H. The first-order valence-corrected chi connectivity index (χ1v) is 18.4. The number of benzene rings is 9. The van der Waals surface area contributed by atoms with E-state index in [1.165, 1.54) is 49.5 Å². The van der Waals surface area contributed by atoms with E-state index in [4.69, 9.17) is 4.42 Å². The van der Waals surface area contributed by atoms with Gasteiger partial charge in [-0.15, -0.1) is 0 Å². The Kier molecular flexibility index (Phi) is 7.85. The number of furan rings is 1. The van der Waals surface area contributed by atoms with Gasteiger partial charge in [0.25, 0.3) is 0 Å². The van der Waals surface area contributed by atoms with Crippen molar-refractivity contribution < 1.29 is 4.42 Å². The molecule has 10 rings (SSSR count). The zero-order chi connectivity index (χ0) is 35.8. The van der Waals surface area contributed by atoms with Gasteiger partial charge in [-0.2, -0.15) is 0 Å². The SMILES string of the molecule is c1ccc(-c2ccc(-c3ccc(N(c4ccc(-c5ccc(-c6ccccc6)cc5)cc4)c4cc5c6ccccc6c6ccccc6c5o4)cc3)cc2)cc1. The Morgan fingerprint density at radius 3 is 0.963 bits per heavy atom. The first kappa shape index (κ1) is 31.6. The van der Waals surface area contributed by atoms with Crippen molar-refractivity contribution in [1.29, 1.82) is 0 Å². The van der Waals surface area contributed by atoms with Gasteiger partial charge in [0, 0.05) is 28.2 Å². The first-order chi connectivity index (χ1) is 26.8. The molecule has 1 heterocycles. The molecule has 9 aromatic carbocycles. The van der Waals surface area contributed by atoms with Crippen LogP contribution in [0, 0.1) is 0 Å². The summed E-state index contributed by atoms with van der Waals surface area (Å²) in [6.45, 7) is 0. The van der Waals surface area contributed by atoms with Gasteiger partial charge in [-0.3, -0.25) is 4.90 Å². The van der Waals surface area contributed by atoms with Gasteiger partial charge in [0.15, 0.2) is 0 Å². The van der Waals surface area contributed by atoms with Gasteiger partial charge >= 0.3 is 0 Å². The van der Waals surface area contributed by atoms with E-state index in [2.05, 4.69) is 217 Å². The highest BCUT2D eigenvalue weighted by Gasteiger charge is 2.20. The second-order valence-electron chi connectivity index (χ2n) is 13.7. The molecule has 0 bridgehead atoms. The molecule has 0 aliphatic carbocycles. The average Bonchev–Trinajstić information content (AvgIpc) is 3.71. The van der Waals surface area contributed by atoms with Crippen molar-refractivity contribution in [3.63, 3.8) is 0 Å². The fraction of sp³-hybridized carbons (Fsp3) is 0. The highest BCUT2D eigenvalue weighted by Crippen LogP contribution is 2.44. The molecule has 2 heteroatoms. The summed E-state index contributed by atoms with van der Waals surface area (Å²) in [6.07, 6.45) is 0. The number of nitrogens with zero attached hydrogens (tertiary/aromatic N) is 1. The minimum Gasteiger partial charge on any atom is -0.439 e. The highest BCUT2D eigenvalue weighted by atomic mass is 16.4. The predicted molar refractivity (Wildman–Crippen MR) is 228 cm³/mol. The molecule has 0 amide bonds. The Bertz CT molecular complexity index is 2670. The Morgan fingerprint density at radius 1 is 0.259 bits per heavy atom. The summed E-state index contributed by atoms with van der Waals surface area (Å²) in [5, 5.41) is 5.82. The Morgan fingerprint density at radius 2 is 0.556 bits per heavy atom. The maximum Gasteiger partial charge on any atom is 0.205 e. The van der Waals surface area contributed by atoms with Crippen LogP contribution in [0.1, 0.15) is 0 Å². The summed E-state index contributed by atoms with van der Waals surface area (Å²) in [5.74, 6) is 0.770. The van der Waals surface area contributed by atoms with E-state index in [-0.39, 0.29) is 0 Å². The highest BCUT2D eigenvalue weighted by molar-refractivity contribution is 6.24. The van der Waals surface area contributed by atoms with E-state index in [1.807, 2.05) is 0 Å². The fourth-order valence-electron chi connectivity index (χ4n) is 7.74. The number of fused-ring (bicyclic) bond motifs is 6.